The molecular weight excluding hydrogens is 164 g/mol. The standard InChI is InChI=1S/C10H14N2O/c1-2-12(7-8-13)9-10-5-3-4-6-11-10/h3-6,8H,2,7,9H2,1H3. The van der Waals surface area contributed by atoms with E-state index in [-0.39, 0.29) is 0 Å². The summed E-state index contributed by atoms with van der Waals surface area (Å²) in [4.78, 5) is 16.5. The van der Waals surface area contributed by atoms with Crippen LogP contribution in [0, 0.1) is 0 Å². The number of carbonyl (C=O) groups excluding carboxylic acids is 1. The number of carbonyl (C=O) groups is 1. The minimum Gasteiger partial charge on any atom is -0.302 e. The molecule has 1 aromatic heterocycles. The van der Waals surface area contributed by atoms with Gasteiger partial charge in [0.25, 0.3) is 0 Å². The fraction of sp³-hybridized carbons (Fsp3) is 0.400. The number of aldehydes is 1. The SMILES string of the molecule is CCN(CC=O)Cc1ccccn1. The summed E-state index contributed by atoms with van der Waals surface area (Å²) in [5, 5.41) is 0. The second-order valence-corrected chi connectivity index (χ2v) is 2.82. The number of nitrogens with zero attached hydrogens (tertiary/aromatic N) is 2. The first kappa shape index (κ1) is 9.86. The zero-order valence-electron chi connectivity index (χ0n) is 7.81. The normalized spacial score (nSPS) is 10.3. The number of aromatic nitrogens is 1. The Kier molecular flexibility index (Phi) is 4.12. The molecule has 0 aliphatic rings. The summed E-state index contributed by atoms with van der Waals surface area (Å²) >= 11 is 0. The van der Waals surface area contributed by atoms with E-state index >= 15 is 0 Å². The highest BCUT2D eigenvalue weighted by Crippen LogP contribution is 1.98. The zero-order chi connectivity index (χ0) is 9.52. The van der Waals surface area contributed by atoms with Gasteiger partial charge in [-0.15, -0.1) is 0 Å². The summed E-state index contributed by atoms with van der Waals surface area (Å²) in [5.41, 5.74) is 1.01. The molecule has 0 saturated heterocycles. The predicted molar refractivity (Wildman–Crippen MR) is 51.3 cm³/mol. The number of likely N-dealkylation sites (N-methyl/N-ethyl adjacent to an activating group) is 1. The minimum absolute atomic E-state index is 0.479. The van der Waals surface area contributed by atoms with Crippen molar-refractivity contribution in [2.75, 3.05) is 13.1 Å². The van der Waals surface area contributed by atoms with Crippen molar-refractivity contribution in [2.24, 2.45) is 0 Å². The molecule has 0 radical (unpaired) electrons. The molecule has 0 N–H and O–H groups in total. The molecule has 1 rings (SSSR count). The van der Waals surface area contributed by atoms with Gasteiger partial charge in [-0.3, -0.25) is 9.88 Å². The van der Waals surface area contributed by atoms with Gasteiger partial charge in [0.1, 0.15) is 6.29 Å². The fourth-order valence-corrected chi connectivity index (χ4v) is 1.13. The molecule has 0 atom stereocenters. The maximum Gasteiger partial charge on any atom is 0.133 e. The van der Waals surface area contributed by atoms with E-state index in [1.165, 1.54) is 0 Å². The van der Waals surface area contributed by atoms with E-state index in [9.17, 15) is 4.79 Å². The first-order valence-corrected chi connectivity index (χ1v) is 4.42. The van der Waals surface area contributed by atoms with Crippen LogP contribution >= 0.6 is 0 Å². The summed E-state index contributed by atoms with van der Waals surface area (Å²) in [6.07, 6.45) is 2.69. The van der Waals surface area contributed by atoms with E-state index < -0.39 is 0 Å². The van der Waals surface area contributed by atoms with Crippen LogP contribution in [0.1, 0.15) is 12.6 Å². The Morgan fingerprint density at radius 2 is 2.38 bits per heavy atom. The molecule has 0 fully saturated rings. The summed E-state index contributed by atoms with van der Waals surface area (Å²) < 4.78 is 0. The lowest BCUT2D eigenvalue weighted by Crippen LogP contribution is -2.25. The van der Waals surface area contributed by atoms with Crippen LogP contribution in [-0.4, -0.2) is 29.3 Å². The Bertz CT molecular complexity index is 248. The molecule has 1 aromatic rings. The third-order valence-electron chi connectivity index (χ3n) is 1.89. The first-order chi connectivity index (χ1) is 6.36. The highest BCUT2D eigenvalue weighted by Gasteiger charge is 2.02. The van der Waals surface area contributed by atoms with Crippen molar-refractivity contribution >= 4 is 6.29 Å². The predicted octanol–water partition coefficient (Wildman–Crippen LogP) is 1.10. The first-order valence-electron chi connectivity index (χ1n) is 4.42. The molecule has 70 valence electrons. The van der Waals surface area contributed by atoms with Crippen LogP contribution in [0.15, 0.2) is 24.4 Å². The van der Waals surface area contributed by atoms with Crippen LogP contribution in [0.3, 0.4) is 0 Å². The van der Waals surface area contributed by atoms with Gasteiger partial charge in [-0.05, 0) is 18.7 Å². The van der Waals surface area contributed by atoms with Crippen molar-refractivity contribution in [3.8, 4) is 0 Å². The second kappa shape index (κ2) is 5.43. The summed E-state index contributed by atoms with van der Waals surface area (Å²) in [6.45, 7) is 4.13. The van der Waals surface area contributed by atoms with Crippen molar-refractivity contribution in [3.63, 3.8) is 0 Å². The molecule has 0 amide bonds. The van der Waals surface area contributed by atoms with E-state index in [0.717, 1.165) is 25.1 Å². The molecule has 0 saturated carbocycles. The lowest BCUT2D eigenvalue weighted by molar-refractivity contribution is -0.108. The van der Waals surface area contributed by atoms with Gasteiger partial charge in [0.05, 0.1) is 12.2 Å². The number of rotatable bonds is 5. The van der Waals surface area contributed by atoms with Gasteiger partial charge in [0, 0.05) is 12.7 Å². The molecule has 0 aliphatic carbocycles. The van der Waals surface area contributed by atoms with E-state index in [1.54, 1.807) is 6.20 Å². The maximum atomic E-state index is 10.3. The van der Waals surface area contributed by atoms with Gasteiger partial charge in [-0.1, -0.05) is 13.0 Å². The molecule has 3 nitrogen and oxygen atoms in total. The van der Waals surface area contributed by atoms with E-state index in [1.807, 2.05) is 30.0 Å². The van der Waals surface area contributed by atoms with Crippen LogP contribution in [0.25, 0.3) is 0 Å². The molecule has 1 heterocycles. The molecule has 3 heteroatoms. The summed E-state index contributed by atoms with van der Waals surface area (Å²) in [6, 6.07) is 5.81. The lowest BCUT2D eigenvalue weighted by Gasteiger charge is -2.15. The maximum absolute atomic E-state index is 10.3. The Morgan fingerprint density at radius 1 is 1.54 bits per heavy atom. The van der Waals surface area contributed by atoms with E-state index in [0.29, 0.717) is 6.54 Å². The van der Waals surface area contributed by atoms with Crippen molar-refractivity contribution < 1.29 is 4.79 Å². The monoisotopic (exact) mass is 178 g/mol. The molecule has 0 aliphatic heterocycles. The topological polar surface area (TPSA) is 33.2 Å². The zero-order valence-corrected chi connectivity index (χ0v) is 7.81. The molecule has 0 unspecified atom stereocenters. The summed E-state index contributed by atoms with van der Waals surface area (Å²) in [5.74, 6) is 0. The van der Waals surface area contributed by atoms with Gasteiger partial charge in [0.2, 0.25) is 0 Å². The van der Waals surface area contributed by atoms with Crippen LogP contribution in [0.4, 0.5) is 0 Å². The fourth-order valence-electron chi connectivity index (χ4n) is 1.13. The molecule has 0 spiro atoms. The smallest absolute Gasteiger partial charge is 0.133 e. The van der Waals surface area contributed by atoms with Crippen molar-refractivity contribution in [3.05, 3.63) is 30.1 Å². The molecule has 0 bridgehead atoms. The lowest BCUT2D eigenvalue weighted by atomic mass is 10.3. The van der Waals surface area contributed by atoms with Crippen molar-refractivity contribution in [1.82, 2.24) is 9.88 Å². The third-order valence-corrected chi connectivity index (χ3v) is 1.89. The number of pyridine rings is 1. The highest BCUT2D eigenvalue weighted by atomic mass is 16.1. The van der Waals surface area contributed by atoms with E-state index in [4.69, 9.17) is 0 Å². The van der Waals surface area contributed by atoms with Crippen LogP contribution in [0.5, 0.6) is 0 Å². The van der Waals surface area contributed by atoms with Gasteiger partial charge >= 0.3 is 0 Å². The van der Waals surface area contributed by atoms with E-state index in [2.05, 4.69) is 4.98 Å². The van der Waals surface area contributed by atoms with Gasteiger partial charge < -0.3 is 4.79 Å². The average molecular weight is 178 g/mol. The minimum atomic E-state index is 0.479. The summed E-state index contributed by atoms with van der Waals surface area (Å²) in [7, 11) is 0. The third kappa shape index (κ3) is 3.34. The Balaban J connectivity index is 2.51. The Hall–Kier alpha value is -1.22. The Morgan fingerprint density at radius 3 is 2.92 bits per heavy atom. The number of hydrogen-bond acceptors (Lipinski definition) is 3. The number of hydrogen-bond donors (Lipinski definition) is 0. The van der Waals surface area contributed by atoms with Crippen LogP contribution in [-0.2, 0) is 11.3 Å². The van der Waals surface area contributed by atoms with Crippen molar-refractivity contribution in [2.45, 2.75) is 13.5 Å². The second-order valence-electron chi connectivity index (χ2n) is 2.82. The molecule has 13 heavy (non-hydrogen) atoms. The van der Waals surface area contributed by atoms with Crippen molar-refractivity contribution in [1.29, 1.82) is 0 Å². The molecule has 0 aromatic carbocycles. The van der Waals surface area contributed by atoms with Gasteiger partial charge in [-0.2, -0.15) is 0 Å². The average Bonchev–Trinajstić information content (AvgIpc) is 2.19. The van der Waals surface area contributed by atoms with Gasteiger partial charge in [0.15, 0.2) is 0 Å². The van der Waals surface area contributed by atoms with Crippen LogP contribution < -0.4 is 0 Å². The molecular formula is C10H14N2O. The van der Waals surface area contributed by atoms with Gasteiger partial charge in [-0.25, -0.2) is 0 Å². The Labute approximate surface area is 78.4 Å². The van der Waals surface area contributed by atoms with Crippen LogP contribution in [0.2, 0.25) is 0 Å². The quantitative estimate of drug-likeness (QED) is 0.633. The highest BCUT2D eigenvalue weighted by molar-refractivity contribution is 5.51. The largest absolute Gasteiger partial charge is 0.302 e.